The Bertz CT molecular complexity index is 1380. The van der Waals surface area contributed by atoms with Crippen LogP contribution in [0.2, 0.25) is 0 Å². The van der Waals surface area contributed by atoms with Crippen LogP contribution in [0.4, 0.5) is 18.9 Å². The highest BCUT2D eigenvalue weighted by Crippen LogP contribution is 2.34. The molecule has 1 saturated heterocycles. The lowest BCUT2D eigenvalue weighted by molar-refractivity contribution is -0.138. The number of halogens is 3. The summed E-state index contributed by atoms with van der Waals surface area (Å²) in [4.78, 5) is 23.3. The van der Waals surface area contributed by atoms with E-state index in [0.29, 0.717) is 36.8 Å². The number of carbonyl (C=O) groups is 1. The first kappa shape index (κ1) is 31.2. The molecule has 42 heavy (non-hydrogen) atoms. The Balaban J connectivity index is 1.43. The second kappa shape index (κ2) is 14.9. The number of aliphatic imine (C=N–C) groups is 1. The van der Waals surface area contributed by atoms with Crippen LogP contribution in [0.25, 0.3) is 0 Å². The average Bonchev–Trinajstić information content (AvgIpc) is 3.45. The van der Waals surface area contributed by atoms with Crippen molar-refractivity contribution in [3.8, 4) is 11.8 Å². The van der Waals surface area contributed by atoms with E-state index in [2.05, 4.69) is 58.5 Å². The number of allylic oxidation sites excluding steroid dienone is 3. The fraction of sp³-hybridized carbons (Fsp3) is 0.424. The average molecular weight is 578 g/mol. The maximum Gasteiger partial charge on any atom is 0.416 e. The highest BCUT2D eigenvalue weighted by molar-refractivity contribution is 5.92. The number of pyridine rings is 1. The number of anilines is 1. The fourth-order valence-corrected chi connectivity index (χ4v) is 4.80. The molecule has 222 valence electrons. The van der Waals surface area contributed by atoms with Crippen LogP contribution in [-0.4, -0.2) is 54.7 Å². The van der Waals surface area contributed by atoms with Gasteiger partial charge in [-0.2, -0.15) is 13.2 Å². The normalized spacial score (nSPS) is 17.0. The second-order valence-electron chi connectivity index (χ2n) is 11.1. The zero-order valence-corrected chi connectivity index (χ0v) is 24.2. The Kier molecular flexibility index (Phi) is 11.1. The van der Waals surface area contributed by atoms with Gasteiger partial charge in [0, 0.05) is 68.4 Å². The molecule has 0 radical (unpaired) electrons. The number of carbonyl (C=O) groups excluding carboxylic acids is 1. The Morgan fingerprint density at radius 1 is 1.19 bits per heavy atom. The van der Waals surface area contributed by atoms with Gasteiger partial charge in [-0.25, -0.2) is 0 Å². The van der Waals surface area contributed by atoms with Crippen molar-refractivity contribution in [1.82, 2.24) is 15.2 Å². The second-order valence-corrected chi connectivity index (χ2v) is 11.1. The summed E-state index contributed by atoms with van der Waals surface area (Å²) in [5, 5.41) is 5.81. The molecule has 3 heterocycles. The molecule has 0 unspecified atom stereocenters. The number of amides is 1. The van der Waals surface area contributed by atoms with Gasteiger partial charge in [0.1, 0.15) is 0 Å². The Morgan fingerprint density at radius 3 is 2.71 bits per heavy atom. The first-order chi connectivity index (χ1) is 20.2. The Morgan fingerprint density at radius 2 is 2.00 bits per heavy atom. The van der Waals surface area contributed by atoms with Gasteiger partial charge in [0.05, 0.1) is 24.2 Å². The lowest BCUT2D eigenvalue weighted by atomic mass is 10.0. The van der Waals surface area contributed by atoms with Gasteiger partial charge in [-0.05, 0) is 60.2 Å². The Labute approximate surface area is 246 Å². The van der Waals surface area contributed by atoms with Crippen LogP contribution in [0.1, 0.15) is 55.5 Å². The summed E-state index contributed by atoms with van der Waals surface area (Å²) < 4.78 is 41.6. The molecule has 0 spiro atoms. The number of nitrogens with zero attached hydrogens (tertiary/aromatic N) is 3. The number of nitrogens with one attached hydrogen (secondary N) is 2. The highest BCUT2D eigenvalue weighted by Gasteiger charge is 2.34. The first-order valence-corrected chi connectivity index (χ1v) is 14.4. The van der Waals surface area contributed by atoms with Gasteiger partial charge in [0.15, 0.2) is 0 Å². The third kappa shape index (κ3) is 9.97. The molecule has 6 nitrogen and oxygen atoms in total. The molecule has 0 aliphatic carbocycles. The molecular weight excluding hydrogens is 539 g/mol. The van der Waals surface area contributed by atoms with Crippen LogP contribution in [0.3, 0.4) is 0 Å². The number of piperazine rings is 1. The van der Waals surface area contributed by atoms with Crippen molar-refractivity contribution < 1.29 is 18.0 Å². The van der Waals surface area contributed by atoms with E-state index in [1.54, 1.807) is 18.3 Å². The SMILES string of the molecule is CC(C)CCC=C(C#Cc1ccnc(CC(=O)Nc2ccc(CN3CCNCC3)c(C(F)(F)F)c2)c1)/C=C1/CC=NC1. The molecule has 2 N–H and O–H groups in total. The van der Waals surface area contributed by atoms with E-state index in [9.17, 15) is 18.0 Å². The van der Waals surface area contributed by atoms with E-state index in [4.69, 9.17) is 0 Å². The number of aromatic nitrogens is 1. The van der Waals surface area contributed by atoms with Crippen LogP contribution in [-0.2, 0) is 23.9 Å². The van der Waals surface area contributed by atoms with Crippen molar-refractivity contribution in [3.63, 3.8) is 0 Å². The van der Waals surface area contributed by atoms with Crippen LogP contribution in [0.5, 0.6) is 0 Å². The van der Waals surface area contributed by atoms with Crippen molar-refractivity contribution in [2.24, 2.45) is 10.9 Å². The lowest BCUT2D eigenvalue weighted by Gasteiger charge is -2.28. The van der Waals surface area contributed by atoms with Gasteiger partial charge >= 0.3 is 6.18 Å². The standard InChI is InChI=1S/C33H38F3N5O/c1-24(2)4-3-5-25(18-27-10-12-38-22-27)6-7-26-11-13-39-30(19-26)21-32(42)40-29-9-8-28(31(20-29)33(34,35)36)23-41-16-14-37-15-17-41/h5,8-9,11-13,18-20,24,37H,3-4,10,14-17,21-23H2,1-2H3,(H,40,42)/b25-5?,27-18-. The Hall–Kier alpha value is -3.74. The maximum absolute atomic E-state index is 13.9. The van der Waals surface area contributed by atoms with Gasteiger partial charge in [0.25, 0.3) is 0 Å². The quantitative estimate of drug-likeness (QED) is 0.370. The summed E-state index contributed by atoms with van der Waals surface area (Å²) in [5.41, 5.74) is 2.92. The van der Waals surface area contributed by atoms with Gasteiger partial charge in [0.2, 0.25) is 5.91 Å². The minimum absolute atomic E-state index is 0.0854. The van der Waals surface area contributed by atoms with Crippen molar-refractivity contribution >= 4 is 17.8 Å². The van der Waals surface area contributed by atoms with E-state index in [1.165, 1.54) is 17.7 Å². The summed E-state index contributed by atoms with van der Waals surface area (Å²) in [6.07, 6.45) is 5.98. The molecule has 2 aromatic rings. The summed E-state index contributed by atoms with van der Waals surface area (Å²) in [6.45, 7) is 8.16. The van der Waals surface area contributed by atoms with Crippen LogP contribution < -0.4 is 10.6 Å². The molecule has 0 atom stereocenters. The maximum atomic E-state index is 13.9. The number of alkyl halides is 3. The number of rotatable bonds is 9. The monoisotopic (exact) mass is 577 g/mol. The minimum atomic E-state index is -4.53. The van der Waals surface area contributed by atoms with Gasteiger partial charge in [-0.15, -0.1) is 0 Å². The number of hydrogen-bond donors (Lipinski definition) is 2. The molecule has 2 aliphatic rings. The molecule has 1 amide bonds. The van der Waals surface area contributed by atoms with Crippen molar-refractivity contribution in [2.75, 3.05) is 38.0 Å². The molecule has 9 heteroatoms. The summed E-state index contributed by atoms with van der Waals surface area (Å²) >= 11 is 0. The zero-order chi connectivity index (χ0) is 30.0. The molecule has 1 aromatic carbocycles. The minimum Gasteiger partial charge on any atom is -0.326 e. The van der Waals surface area contributed by atoms with E-state index in [1.807, 2.05) is 11.1 Å². The summed E-state index contributed by atoms with van der Waals surface area (Å²) in [5.74, 6) is 6.58. The van der Waals surface area contributed by atoms with E-state index in [0.717, 1.165) is 44.0 Å². The molecule has 4 rings (SSSR count). The first-order valence-electron chi connectivity index (χ1n) is 14.4. The summed E-state index contributed by atoms with van der Waals surface area (Å²) in [6, 6.07) is 7.51. The highest BCUT2D eigenvalue weighted by atomic mass is 19.4. The molecule has 1 aromatic heterocycles. The van der Waals surface area contributed by atoms with Gasteiger partial charge in [-0.1, -0.05) is 37.8 Å². The van der Waals surface area contributed by atoms with Crippen LogP contribution in [0, 0.1) is 17.8 Å². The predicted molar refractivity (Wildman–Crippen MR) is 161 cm³/mol. The van der Waals surface area contributed by atoms with Gasteiger partial charge in [-0.3, -0.25) is 19.7 Å². The van der Waals surface area contributed by atoms with Crippen molar-refractivity contribution in [3.05, 3.63) is 82.2 Å². The topological polar surface area (TPSA) is 69.6 Å². The van der Waals surface area contributed by atoms with Crippen LogP contribution in [0.15, 0.2) is 64.8 Å². The third-order valence-corrected chi connectivity index (χ3v) is 7.06. The fourth-order valence-electron chi connectivity index (χ4n) is 4.80. The lowest BCUT2D eigenvalue weighted by Crippen LogP contribution is -2.43. The van der Waals surface area contributed by atoms with Crippen molar-refractivity contribution in [2.45, 2.75) is 52.3 Å². The number of benzene rings is 1. The zero-order valence-electron chi connectivity index (χ0n) is 24.2. The third-order valence-electron chi connectivity index (χ3n) is 7.06. The number of hydrogen-bond acceptors (Lipinski definition) is 5. The largest absolute Gasteiger partial charge is 0.416 e. The summed E-state index contributed by atoms with van der Waals surface area (Å²) in [7, 11) is 0. The predicted octanol–water partition coefficient (Wildman–Crippen LogP) is 5.80. The van der Waals surface area contributed by atoms with E-state index in [-0.39, 0.29) is 24.2 Å². The molecule has 0 bridgehead atoms. The molecule has 2 aliphatic heterocycles. The molecule has 0 saturated carbocycles. The van der Waals surface area contributed by atoms with Crippen molar-refractivity contribution in [1.29, 1.82) is 0 Å². The van der Waals surface area contributed by atoms with E-state index >= 15 is 0 Å². The van der Waals surface area contributed by atoms with Gasteiger partial charge < -0.3 is 10.6 Å². The smallest absolute Gasteiger partial charge is 0.326 e. The van der Waals surface area contributed by atoms with E-state index < -0.39 is 17.6 Å². The van der Waals surface area contributed by atoms with Crippen LogP contribution >= 0.6 is 0 Å². The molecule has 1 fully saturated rings. The molecular formula is C33H38F3N5O.